The van der Waals surface area contributed by atoms with E-state index in [0.717, 1.165) is 19.0 Å². The molecule has 0 saturated heterocycles. The van der Waals surface area contributed by atoms with Crippen LogP contribution in [0.5, 0.6) is 0 Å². The molecule has 204 valence electrons. The molecule has 3 aromatic rings. The molecule has 4 heterocycles. The molecule has 2 aliphatic heterocycles. The van der Waals surface area contributed by atoms with Crippen molar-refractivity contribution in [3.8, 4) is 11.3 Å². The van der Waals surface area contributed by atoms with Crippen molar-refractivity contribution < 1.29 is 26.9 Å². The zero-order chi connectivity index (χ0) is 27.2. The lowest BCUT2D eigenvalue weighted by molar-refractivity contribution is -0.137. The molecule has 1 aromatic carbocycles. The normalized spacial score (nSPS) is 23.1. The number of hydrogen-bond acceptors (Lipinski definition) is 6. The Balaban J connectivity index is 1.69. The van der Waals surface area contributed by atoms with Crippen molar-refractivity contribution in [3.05, 3.63) is 35.7 Å². The van der Waals surface area contributed by atoms with Gasteiger partial charge in [0.2, 0.25) is 5.95 Å². The lowest BCUT2D eigenvalue weighted by Gasteiger charge is -2.17. The Kier molecular flexibility index (Phi) is 6.98. The number of carbonyl (C=O) groups is 1. The van der Waals surface area contributed by atoms with Gasteiger partial charge in [-0.05, 0) is 51.6 Å². The third-order valence-corrected chi connectivity index (χ3v) is 8.64. The quantitative estimate of drug-likeness (QED) is 0.265. The molecular weight excluding hydrogens is 523 g/mol. The van der Waals surface area contributed by atoms with E-state index in [4.69, 9.17) is 0 Å². The van der Waals surface area contributed by atoms with Gasteiger partial charge in [0.25, 0.3) is 5.91 Å². The molecule has 1 saturated carbocycles. The smallest absolute Gasteiger partial charge is 0.360 e. The van der Waals surface area contributed by atoms with Gasteiger partial charge in [0.1, 0.15) is 18.9 Å². The lowest BCUT2D eigenvalue weighted by atomic mass is 10.0. The van der Waals surface area contributed by atoms with Crippen molar-refractivity contribution in [1.82, 2.24) is 25.6 Å². The van der Waals surface area contributed by atoms with E-state index in [1.54, 1.807) is 0 Å². The first kappa shape index (κ1) is 26.6. The average Bonchev–Trinajstić information content (AvgIpc) is 3.46. The number of halogens is 4. The van der Waals surface area contributed by atoms with E-state index in [2.05, 4.69) is 30.9 Å². The molecular formula is C25H29F4N6O2P. The number of aromatic amines is 1. The minimum atomic E-state index is -4.72. The van der Waals surface area contributed by atoms with E-state index in [1.807, 2.05) is 0 Å². The maximum absolute atomic E-state index is 14.6. The predicted molar refractivity (Wildman–Crippen MR) is 138 cm³/mol. The Hall–Kier alpha value is -2.98. The number of H-pyrrole nitrogens is 1. The summed E-state index contributed by atoms with van der Waals surface area (Å²) in [7, 11) is -3.13. The van der Waals surface area contributed by atoms with Crippen molar-refractivity contribution in [2.24, 2.45) is 0 Å². The number of carbonyl (C=O) groups excluding carboxylic acids is 1. The fourth-order valence-corrected chi connectivity index (χ4v) is 6.79. The maximum Gasteiger partial charge on any atom is 0.419 e. The highest BCUT2D eigenvalue weighted by molar-refractivity contribution is 7.70. The van der Waals surface area contributed by atoms with Crippen molar-refractivity contribution in [3.63, 3.8) is 0 Å². The Bertz CT molecular complexity index is 1420. The summed E-state index contributed by atoms with van der Waals surface area (Å²) in [4.78, 5) is 24.2. The maximum atomic E-state index is 14.6. The fraction of sp³-hybridized carbons (Fsp3) is 0.480. The van der Waals surface area contributed by atoms with Crippen molar-refractivity contribution >= 4 is 35.2 Å². The molecule has 0 radical (unpaired) electrons. The largest absolute Gasteiger partial charge is 0.419 e. The number of hydrogen-bond donors (Lipinski definition) is 4. The van der Waals surface area contributed by atoms with Crippen LogP contribution in [0.3, 0.4) is 0 Å². The summed E-state index contributed by atoms with van der Waals surface area (Å²) in [6.07, 6.45) is -1.39. The first-order valence-corrected chi connectivity index (χ1v) is 15.1. The first-order chi connectivity index (χ1) is 17.9. The zero-order valence-electron chi connectivity index (χ0n) is 21.0. The third-order valence-electron chi connectivity index (χ3n) is 7.10. The monoisotopic (exact) mass is 552 g/mol. The Labute approximate surface area is 216 Å². The number of benzene rings is 1. The molecule has 38 heavy (non-hydrogen) atoms. The van der Waals surface area contributed by atoms with Crippen LogP contribution in [0, 0.1) is 0 Å². The highest BCUT2D eigenvalue weighted by atomic mass is 31.2. The van der Waals surface area contributed by atoms with Crippen LogP contribution in [-0.2, 0) is 10.7 Å². The number of anilines is 1. The predicted octanol–water partition coefficient (Wildman–Crippen LogP) is 4.29. The van der Waals surface area contributed by atoms with E-state index >= 15 is 0 Å². The summed E-state index contributed by atoms with van der Waals surface area (Å²) >= 11 is 0. The zero-order valence-corrected chi connectivity index (χ0v) is 21.8. The Morgan fingerprint density at radius 1 is 1.08 bits per heavy atom. The van der Waals surface area contributed by atoms with Gasteiger partial charge in [-0.2, -0.15) is 13.2 Å². The highest BCUT2D eigenvalue weighted by Crippen LogP contribution is 2.43. The van der Waals surface area contributed by atoms with Crippen molar-refractivity contribution in [1.29, 1.82) is 0 Å². The Morgan fingerprint density at radius 2 is 1.84 bits per heavy atom. The number of amides is 1. The molecule has 1 aliphatic carbocycles. The summed E-state index contributed by atoms with van der Waals surface area (Å²) in [5.74, 6) is -0.527. The average molecular weight is 553 g/mol. The molecule has 8 nitrogen and oxygen atoms in total. The summed E-state index contributed by atoms with van der Waals surface area (Å²) in [6, 6.07) is 2.98. The first-order valence-electron chi connectivity index (χ1n) is 12.5. The van der Waals surface area contributed by atoms with Crippen LogP contribution in [0.25, 0.3) is 22.2 Å². The van der Waals surface area contributed by atoms with Gasteiger partial charge in [-0.1, -0.05) is 6.07 Å². The van der Waals surface area contributed by atoms with Crippen LogP contribution in [0.15, 0.2) is 24.5 Å². The number of fused-ring (bicyclic) bond motifs is 7. The van der Waals surface area contributed by atoms with Gasteiger partial charge in [0.15, 0.2) is 0 Å². The molecule has 2 aromatic heterocycles. The summed E-state index contributed by atoms with van der Waals surface area (Å²) in [5, 5.41) is 9.58. The Morgan fingerprint density at radius 3 is 2.58 bits per heavy atom. The summed E-state index contributed by atoms with van der Waals surface area (Å²) in [6.45, 7) is 3.15. The second-order valence-electron chi connectivity index (χ2n) is 10.3. The summed E-state index contributed by atoms with van der Waals surface area (Å²) < 4.78 is 70.0. The van der Waals surface area contributed by atoms with Gasteiger partial charge in [0.05, 0.1) is 16.8 Å². The van der Waals surface area contributed by atoms with E-state index in [1.165, 1.54) is 31.7 Å². The minimum Gasteiger partial charge on any atom is -0.360 e. The van der Waals surface area contributed by atoms with Gasteiger partial charge >= 0.3 is 6.18 Å². The number of nitrogens with zero attached hydrogens (tertiary/aromatic N) is 2. The van der Waals surface area contributed by atoms with Gasteiger partial charge in [0, 0.05) is 47.3 Å². The molecule has 3 aliphatic rings. The number of alkyl halides is 4. The van der Waals surface area contributed by atoms with Crippen LogP contribution in [0.1, 0.15) is 41.6 Å². The minimum absolute atomic E-state index is 0.0529. The van der Waals surface area contributed by atoms with E-state index in [0.29, 0.717) is 18.4 Å². The second-order valence-corrected chi connectivity index (χ2v) is 13.4. The molecule has 1 amide bonds. The van der Waals surface area contributed by atoms with Crippen molar-refractivity contribution in [2.45, 2.75) is 50.1 Å². The van der Waals surface area contributed by atoms with Crippen LogP contribution in [0.4, 0.5) is 23.5 Å². The lowest BCUT2D eigenvalue weighted by Crippen LogP contribution is -2.35. The van der Waals surface area contributed by atoms with Crippen LogP contribution >= 0.6 is 7.14 Å². The number of aromatic nitrogens is 3. The van der Waals surface area contributed by atoms with E-state index < -0.39 is 31.0 Å². The molecule has 1 fully saturated rings. The molecule has 1 unspecified atom stereocenters. The molecule has 13 heteroatoms. The molecule has 6 rings (SSSR count). The van der Waals surface area contributed by atoms with E-state index in [9.17, 15) is 26.9 Å². The topological polar surface area (TPSA) is 112 Å². The van der Waals surface area contributed by atoms with Crippen LogP contribution in [0.2, 0.25) is 0 Å². The van der Waals surface area contributed by atoms with Crippen LogP contribution < -0.4 is 21.3 Å². The van der Waals surface area contributed by atoms with Gasteiger partial charge in [-0.15, -0.1) is 0 Å². The third kappa shape index (κ3) is 5.29. The molecule has 3 atom stereocenters. The van der Waals surface area contributed by atoms with Gasteiger partial charge < -0.3 is 25.5 Å². The molecule has 0 spiro atoms. The van der Waals surface area contributed by atoms with Crippen LogP contribution in [-0.4, -0.2) is 65.5 Å². The highest BCUT2D eigenvalue weighted by Gasteiger charge is 2.37. The van der Waals surface area contributed by atoms with Crippen molar-refractivity contribution in [2.75, 3.05) is 31.7 Å². The fourth-order valence-electron chi connectivity index (χ4n) is 5.31. The molecule has 4 N–H and O–H groups in total. The summed E-state index contributed by atoms with van der Waals surface area (Å²) in [5.41, 5.74) is -0.820. The standard InChI is InChI=1S/C25H29F4N6O2P/c1-38(2,37)22-17-6-5-16-18(11-31-21(16)22)20-19(25(27,28)29)12-33-24(35-20)34-15-4-3-14(9-15)30-8-7-13(26)10-32-23(17)36/h5-6,11-15,30-31H,3-4,7-10H2,1-2H3,(H,32,36)(H,33,34,35)/t13?,14-,15-/m0/s1. The van der Waals surface area contributed by atoms with Gasteiger partial charge in [-0.25, -0.2) is 14.4 Å². The molecule has 8 bridgehead atoms. The SMILES string of the molecule is CP(C)(=O)c1c2ccc3c(c[nH]c13)-c1nc(ncc1C(F)(F)F)N[C@H]1CC[C@@H](C1)NCCC(F)CNC2=O. The second kappa shape index (κ2) is 9.96. The number of rotatable bonds is 1. The van der Waals surface area contributed by atoms with E-state index in [-0.39, 0.29) is 58.6 Å². The number of nitrogens with one attached hydrogen (secondary N) is 4. The van der Waals surface area contributed by atoms with Gasteiger partial charge in [-0.3, -0.25) is 4.79 Å².